The van der Waals surface area contributed by atoms with Crippen molar-refractivity contribution in [3.05, 3.63) is 0 Å². The zero-order valence-electron chi connectivity index (χ0n) is 5.69. The third-order valence-corrected chi connectivity index (χ3v) is 2.34. The summed E-state index contributed by atoms with van der Waals surface area (Å²) in [5.41, 5.74) is 0. The third kappa shape index (κ3) is 1.10. The van der Waals surface area contributed by atoms with Crippen LogP contribution in [0.25, 0.3) is 0 Å². The van der Waals surface area contributed by atoms with E-state index >= 15 is 0 Å². The first kappa shape index (κ1) is 5.35. The maximum absolute atomic E-state index is 3.31. The molecule has 0 aromatic carbocycles. The van der Waals surface area contributed by atoms with E-state index in [9.17, 15) is 0 Å². The van der Waals surface area contributed by atoms with Crippen LogP contribution in [-0.4, -0.2) is 0 Å². The van der Waals surface area contributed by atoms with Crippen LogP contribution in [0.5, 0.6) is 0 Å². The number of fused-ring (bicyclic) bond motifs is 1. The molecule has 0 saturated heterocycles. The van der Waals surface area contributed by atoms with Crippen molar-refractivity contribution >= 4 is 0 Å². The van der Waals surface area contributed by atoms with Crippen molar-refractivity contribution in [2.24, 2.45) is 11.8 Å². The topological polar surface area (TPSA) is 0 Å². The van der Waals surface area contributed by atoms with Crippen molar-refractivity contribution in [2.45, 2.75) is 32.1 Å². The van der Waals surface area contributed by atoms with E-state index in [0.717, 1.165) is 18.3 Å². The van der Waals surface area contributed by atoms with Crippen LogP contribution < -0.4 is 0 Å². The Balaban J connectivity index is 2.00. The summed E-state index contributed by atoms with van der Waals surface area (Å²) in [5, 5.41) is 0. The molecule has 0 bridgehead atoms. The Morgan fingerprint density at radius 2 is 2.22 bits per heavy atom. The van der Waals surface area contributed by atoms with Crippen LogP contribution >= 0.6 is 0 Å². The van der Waals surface area contributed by atoms with Gasteiger partial charge in [0.2, 0.25) is 0 Å². The molecule has 9 heavy (non-hydrogen) atoms. The van der Waals surface area contributed by atoms with Gasteiger partial charge in [0.25, 0.3) is 0 Å². The van der Waals surface area contributed by atoms with E-state index in [-0.39, 0.29) is 0 Å². The maximum atomic E-state index is 3.31. The fourth-order valence-corrected chi connectivity index (χ4v) is 1.57. The Kier molecular flexibility index (Phi) is 1.23. The van der Waals surface area contributed by atoms with Crippen molar-refractivity contribution in [1.29, 1.82) is 0 Å². The summed E-state index contributed by atoms with van der Waals surface area (Å²) in [6.45, 7) is 0. The predicted molar refractivity (Wildman–Crippen MR) is 37.8 cm³/mol. The van der Waals surface area contributed by atoms with Gasteiger partial charge in [-0.15, -0.1) is 5.92 Å². The van der Waals surface area contributed by atoms with Crippen LogP contribution in [0.4, 0.5) is 0 Å². The van der Waals surface area contributed by atoms with Gasteiger partial charge >= 0.3 is 0 Å². The van der Waals surface area contributed by atoms with Gasteiger partial charge in [0.15, 0.2) is 0 Å². The van der Waals surface area contributed by atoms with Crippen LogP contribution in [0.15, 0.2) is 0 Å². The molecular weight excluding hydrogens is 108 g/mol. The van der Waals surface area contributed by atoms with E-state index in [1.54, 1.807) is 0 Å². The molecule has 1 fully saturated rings. The molecule has 2 atom stereocenters. The molecule has 0 aromatic heterocycles. The lowest BCUT2D eigenvalue weighted by molar-refractivity contribution is 0.616. The molecule has 48 valence electrons. The quantitative estimate of drug-likeness (QED) is 0.430. The summed E-state index contributed by atoms with van der Waals surface area (Å²) in [6.07, 6.45) is 6.79. The van der Waals surface area contributed by atoms with Gasteiger partial charge < -0.3 is 0 Å². The number of hydrogen-bond acceptors (Lipinski definition) is 0. The summed E-state index contributed by atoms with van der Waals surface area (Å²) in [6, 6.07) is 0. The highest BCUT2D eigenvalue weighted by atomic mass is 14.4. The fraction of sp³-hybridized carbons (Fsp3) is 0.778. The van der Waals surface area contributed by atoms with E-state index in [2.05, 4.69) is 11.8 Å². The summed E-state index contributed by atoms with van der Waals surface area (Å²) in [7, 11) is 0. The van der Waals surface area contributed by atoms with Crippen LogP contribution in [0.1, 0.15) is 32.1 Å². The molecule has 1 saturated carbocycles. The van der Waals surface area contributed by atoms with E-state index in [1.165, 1.54) is 25.7 Å². The molecule has 0 spiro atoms. The first-order valence-corrected chi connectivity index (χ1v) is 3.95. The highest BCUT2D eigenvalue weighted by Crippen LogP contribution is 2.42. The van der Waals surface area contributed by atoms with Gasteiger partial charge in [-0.2, -0.15) is 0 Å². The molecular formula is C9H12. The molecule has 2 aliphatic rings. The Labute approximate surface area is 56.6 Å². The Morgan fingerprint density at radius 1 is 1.22 bits per heavy atom. The molecule has 0 heterocycles. The second kappa shape index (κ2) is 2.06. The molecule has 0 radical (unpaired) electrons. The first-order valence-electron chi connectivity index (χ1n) is 3.95. The minimum atomic E-state index is 0.824. The van der Waals surface area contributed by atoms with Crippen molar-refractivity contribution in [2.75, 3.05) is 0 Å². The van der Waals surface area contributed by atoms with Crippen molar-refractivity contribution in [3.63, 3.8) is 0 Å². The lowest BCUT2D eigenvalue weighted by Gasteiger charge is -1.97. The van der Waals surface area contributed by atoms with E-state index in [4.69, 9.17) is 0 Å². The second-order valence-electron chi connectivity index (χ2n) is 3.17. The Bertz CT molecular complexity index is 159. The summed E-state index contributed by atoms with van der Waals surface area (Å²) in [5.74, 6) is 8.37. The molecule has 2 rings (SSSR count). The Morgan fingerprint density at radius 3 is 3.22 bits per heavy atom. The normalized spacial score (nSPS) is 39.1. The number of rotatable bonds is 0. The molecule has 0 aromatic rings. The van der Waals surface area contributed by atoms with Gasteiger partial charge in [0, 0.05) is 12.3 Å². The smallest absolute Gasteiger partial charge is 0.0234 e. The zero-order chi connectivity index (χ0) is 6.10. The van der Waals surface area contributed by atoms with Crippen LogP contribution in [0.2, 0.25) is 0 Å². The minimum Gasteiger partial charge on any atom is -0.103 e. The van der Waals surface area contributed by atoms with Crippen molar-refractivity contribution < 1.29 is 0 Å². The van der Waals surface area contributed by atoms with E-state index < -0.39 is 0 Å². The highest BCUT2D eigenvalue weighted by Gasteiger charge is 2.34. The molecule has 0 nitrogen and oxygen atoms in total. The summed E-state index contributed by atoms with van der Waals surface area (Å²) in [4.78, 5) is 0. The molecule has 2 aliphatic carbocycles. The van der Waals surface area contributed by atoms with Crippen LogP contribution in [0, 0.1) is 23.7 Å². The van der Waals surface area contributed by atoms with Gasteiger partial charge in [-0.3, -0.25) is 0 Å². The predicted octanol–water partition coefficient (Wildman–Crippen LogP) is 2.20. The largest absolute Gasteiger partial charge is 0.103 e. The average Bonchev–Trinajstić information content (AvgIpc) is 2.46. The van der Waals surface area contributed by atoms with Crippen LogP contribution in [0.3, 0.4) is 0 Å². The molecule has 0 aliphatic heterocycles. The van der Waals surface area contributed by atoms with Gasteiger partial charge in [0.1, 0.15) is 0 Å². The second-order valence-corrected chi connectivity index (χ2v) is 3.17. The molecule has 0 N–H and O–H groups in total. The monoisotopic (exact) mass is 120 g/mol. The van der Waals surface area contributed by atoms with Gasteiger partial charge in [-0.25, -0.2) is 0 Å². The highest BCUT2D eigenvalue weighted by molar-refractivity contribution is 5.13. The Hall–Kier alpha value is -0.440. The standard InChI is InChI=1S/C9H12/c1-2-4-6-9-7-8(9)5-3-1/h8-9H,1-3,5,7H2. The summed E-state index contributed by atoms with van der Waals surface area (Å²) < 4.78 is 0. The van der Waals surface area contributed by atoms with Gasteiger partial charge in [0.05, 0.1) is 0 Å². The summed E-state index contributed by atoms with van der Waals surface area (Å²) >= 11 is 0. The van der Waals surface area contributed by atoms with E-state index in [1.807, 2.05) is 0 Å². The first-order chi connectivity index (χ1) is 4.47. The number of hydrogen-bond donors (Lipinski definition) is 0. The molecule has 0 amide bonds. The zero-order valence-corrected chi connectivity index (χ0v) is 5.69. The minimum absolute atomic E-state index is 0.824. The maximum Gasteiger partial charge on any atom is 0.0234 e. The lowest BCUT2D eigenvalue weighted by atomic mass is 10.1. The van der Waals surface area contributed by atoms with Crippen LogP contribution in [-0.2, 0) is 0 Å². The van der Waals surface area contributed by atoms with E-state index in [0.29, 0.717) is 0 Å². The van der Waals surface area contributed by atoms with Gasteiger partial charge in [-0.05, 0) is 25.2 Å². The average molecular weight is 120 g/mol. The molecule has 0 heteroatoms. The SMILES string of the molecule is C1#CC2CC2CCCC1. The third-order valence-electron chi connectivity index (χ3n) is 2.34. The lowest BCUT2D eigenvalue weighted by Crippen LogP contribution is -1.84. The van der Waals surface area contributed by atoms with Crippen molar-refractivity contribution in [1.82, 2.24) is 0 Å². The van der Waals surface area contributed by atoms with Gasteiger partial charge in [-0.1, -0.05) is 12.3 Å². The fourth-order valence-electron chi connectivity index (χ4n) is 1.57. The van der Waals surface area contributed by atoms with Crippen molar-refractivity contribution in [3.8, 4) is 11.8 Å². The molecule has 2 unspecified atom stereocenters.